The van der Waals surface area contributed by atoms with Gasteiger partial charge in [-0.15, -0.1) is 0 Å². The summed E-state index contributed by atoms with van der Waals surface area (Å²) >= 11 is 0. The van der Waals surface area contributed by atoms with E-state index in [1.54, 1.807) is 31.5 Å². The Morgan fingerprint density at radius 3 is 3.00 bits per heavy atom. The van der Waals surface area contributed by atoms with Gasteiger partial charge in [0.15, 0.2) is 0 Å². The van der Waals surface area contributed by atoms with Gasteiger partial charge in [-0.2, -0.15) is 0 Å². The molecular weight excluding hydrogens is 230 g/mol. The molecule has 0 spiro atoms. The van der Waals surface area contributed by atoms with Crippen molar-refractivity contribution >= 4 is 5.91 Å². The van der Waals surface area contributed by atoms with Gasteiger partial charge in [-0.3, -0.25) is 9.69 Å². The zero-order valence-corrected chi connectivity index (χ0v) is 11.2. The van der Waals surface area contributed by atoms with Crippen molar-refractivity contribution in [2.75, 3.05) is 33.7 Å². The molecule has 100 valence electrons. The Balaban J connectivity index is 2.15. The molecule has 0 bridgehead atoms. The first-order valence-electron chi connectivity index (χ1n) is 6.31. The van der Waals surface area contributed by atoms with Gasteiger partial charge < -0.3 is 14.6 Å². The monoisotopic (exact) mass is 251 g/mol. The molecule has 0 aromatic carbocycles. The molecule has 0 aliphatic carbocycles. The lowest BCUT2D eigenvalue weighted by Gasteiger charge is -2.39. The Kier molecular flexibility index (Phi) is 4.04. The molecule has 1 aliphatic heterocycles. The van der Waals surface area contributed by atoms with E-state index in [0.717, 1.165) is 18.7 Å². The largest absolute Gasteiger partial charge is 0.472 e. The van der Waals surface area contributed by atoms with Gasteiger partial charge in [-0.25, -0.2) is 0 Å². The van der Waals surface area contributed by atoms with Gasteiger partial charge in [0.1, 0.15) is 6.04 Å². The number of amides is 1. The van der Waals surface area contributed by atoms with E-state index in [0.29, 0.717) is 6.54 Å². The topological polar surface area (TPSA) is 48.7 Å². The molecule has 1 aliphatic rings. The van der Waals surface area contributed by atoms with Crippen LogP contribution in [0.2, 0.25) is 0 Å². The van der Waals surface area contributed by atoms with Gasteiger partial charge in [0.2, 0.25) is 5.91 Å². The van der Waals surface area contributed by atoms with Crippen molar-refractivity contribution in [3.63, 3.8) is 0 Å². The van der Waals surface area contributed by atoms with Crippen molar-refractivity contribution in [3.05, 3.63) is 24.2 Å². The SMILES string of the molecule is CC(c1ccoc1)N1CCNCC1C(=O)N(C)C. The van der Waals surface area contributed by atoms with Crippen LogP contribution < -0.4 is 5.32 Å². The molecular formula is C13H21N3O2. The predicted octanol–water partition coefficient (Wildman–Crippen LogP) is 0.703. The number of hydrogen-bond acceptors (Lipinski definition) is 4. The Hall–Kier alpha value is -1.33. The van der Waals surface area contributed by atoms with E-state index < -0.39 is 0 Å². The highest BCUT2D eigenvalue weighted by Crippen LogP contribution is 2.24. The van der Waals surface area contributed by atoms with Crippen LogP contribution in [0, 0.1) is 0 Å². The lowest BCUT2D eigenvalue weighted by molar-refractivity contribution is -0.136. The summed E-state index contributed by atoms with van der Waals surface area (Å²) in [5.41, 5.74) is 1.12. The van der Waals surface area contributed by atoms with Gasteiger partial charge in [0, 0.05) is 45.3 Å². The number of rotatable bonds is 3. The van der Waals surface area contributed by atoms with Crippen LogP contribution in [0.25, 0.3) is 0 Å². The van der Waals surface area contributed by atoms with Crippen LogP contribution in [-0.2, 0) is 4.79 Å². The minimum absolute atomic E-state index is 0.0985. The van der Waals surface area contributed by atoms with E-state index in [1.807, 2.05) is 6.07 Å². The predicted molar refractivity (Wildman–Crippen MR) is 69.2 cm³/mol. The molecule has 1 aromatic heterocycles. The number of nitrogens with one attached hydrogen (secondary N) is 1. The van der Waals surface area contributed by atoms with Crippen LogP contribution in [0.3, 0.4) is 0 Å². The zero-order chi connectivity index (χ0) is 13.1. The van der Waals surface area contributed by atoms with E-state index >= 15 is 0 Å². The molecule has 2 heterocycles. The zero-order valence-electron chi connectivity index (χ0n) is 11.2. The first-order valence-corrected chi connectivity index (χ1v) is 6.31. The summed E-state index contributed by atoms with van der Waals surface area (Å²) in [5, 5.41) is 3.29. The maximum absolute atomic E-state index is 12.2. The summed E-state index contributed by atoms with van der Waals surface area (Å²) < 4.78 is 5.13. The Morgan fingerprint density at radius 1 is 1.61 bits per heavy atom. The molecule has 5 nitrogen and oxygen atoms in total. The molecule has 2 rings (SSSR count). The molecule has 2 unspecified atom stereocenters. The van der Waals surface area contributed by atoms with Crippen LogP contribution in [0.15, 0.2) is 23.0 Å². The average molecular weight is 251 g/mol. The van der Waals surface area contributed by atoms with Crippen molar-refractivity contribution in [1.29, 1.82) is 0 Å². The van der Waals surface area contributed by atoms with Crippen LogP contribution in [0.1, 0.15) is 18.5 Å². The highest BCUT2D eigenvalue weighted by molar-refractivity contribution is 5.81. The minimum atomic E-state index is -0.0985. The second-order valence-corrected chi connectivity index (χ2v) is 4.92. The normalized spacial score (nSPS) is 22.7. The van der Waals surface area contributed by atoms with Gasteiger partial charge in [0.05, 0.1) is 12.5 Å². The average Bonchev–Trinajstić information content (AvgIpc) is 2.90. The molecule has 1 amide bonds. The standard InChI is InChI=1S/C13H21N3O2/c1-10(11-4-7-18-9-11)16-6-5-14-8-12(16)13(17)15(2)3/h4,7,9-10,12,14H,5-6,8H2,1-3H3. The Bertz CT molecular complexity index is 389. The van der Waals surface area contributed by atoms with Gasteiger partial charge in [-0.05, 0) is 13.0 Å². The lowest BCUT2D eigenvalue weighted by atomic mass is 10.1. The summed E-state index contributed by atoms with van der Waals surface area (Å²) in [7, 11) is 3.61. The van der Waals surface area contributed by atoms with Gasteiger partial charge in [0.25, 0.3) is 0 Å². The summed E-state index contributed by atoms with van der Waals surface area (Å²) in [6, 6.07) is 2.06. The molecule has 0 saturated carbocycles. The summed E-state index contributed by atoms with van der Waals surface area (Å²) in [6.07, 6.45) is 3.43. The second-order valence-electron chi connectivity index (χ2n) is 4.92. The fourth-order valence-electron chi connectivity index (χ4n) is 2.41. The smallest absolute Gasteiger partial charge is 0.240 e. The summed E-state index contributed by atoms with van der Waals surface area (Å²) in [5.74, 6) is 0.151. The van der Waals surface area contributed by atoms with Crippen LogP contribution >= 0.6 is 0 Å². The number of carbonyl (C=O) groups is 1. The molecule has 2 atom stereocenters. The highest BCUT2D eigenvalue weighted by atomic mass is 16.3. The van der Waals surface area contributed by atoms with Crippen molar-refractivity contribution in [1.82, 2.24) is 15.1 Å². The Labute approximate surface area is 108 Å². The van der Waals surface area contributed by atoms with Crippen LogP contribution in [0.5, 0.6) is 0 Å². The van der Waals surface area contributed by atoms with E-state index in [9.17, 15) is 4.79 Å². The fourth-order valence-corrected chi connectivity index (χ4v) is 2.41. The van der Waals surface area contributed by atoms with Crippen molar-refractivity contribution in [3.8, 4) is 0 Å². The number of carbonyl (C=O) groups excluding carboxylic acids is 1. The third kappa shape index (κ3) is 2.57. The highest BCUT2D eigenvalue weighted by Gasteiger charge is 2.33. The van der Waals surface area contributed by atoms with E-state index in [2.05, 4.69) is 17.1 Å². The summed E-state index contributed by atoms with van der Waals surface area (Å²) in [4.78, 5) is 16.1. The van der Waals surface area contributed by atoms with Crippen molar-refractivity contribution < 1.29 is 9.21 Å². The van der Waals surface area contributed by atoms with E-state index in [-0.39, 0.29) is 18.0 Å². The molecule has 18 heavy (non-hydrogen) atoms. The Morgan fingerprint density at radius 2 is 2.39 bits per heavy atom. The minimum Gasteiger partial charge on any atom is -0.472 e. The maximum Gasteiger partial charge on any atom is 0.240 e. The third-order valence-electron chi connectivity index (χ3n) is 3.53. The number of nitrogens with zero attached hydrogens (tertiary/aromatic N) is 2. The molecule has 1 saturated heterocycles. The maximum atomic E-state index is 12.2. The van der Waals surface area contributed by atoms with Gasteiger partial charge >= 0.3 is 0 Å². The van der Waals surface area contributed by atoms with Crippen molar-refractivity contribution in [2.45, 2.75) is 19.0 Å². The number of furan rings is 1. The first kappa shape index (κ1) is 13.1. The van der Waals surface area contributed by atoms with Crippen LogP contribution in [-0.4, -0.2) is 55.5 Å². The number of likely N-dealkylation sites (N-methyl/N-ethyl adjacent to an activating group) is 1. The van der Waals surface area contributed by atoms with Crippen LogP contribution in [0.4, 0.5) is 0 Å². The lowest BCUT2D eigenvalue weighted by Crippen LogP contribution is -2.58. The van der Waals surface area contributed by atoms with Crippen molar-refractivity contribution in [2.24, 2.45) is 0 Å². The molecule has 0 radical (unpaired) electrons. The van der Waals surface area contributed by atoms with E-state index in [1.165, 1.54) is 0 Å². The summed E-state index contributed by atoms with van der Waals surface area (Å²) in [6.45, 7) is 4.61. The second kappa shape index (κ2) is 5.54. The van der Waals surface area contributed by atoms with Gasteiger partial charge in [-0.1, -0.05) is 0 Å². The fraction of sp³-hybridized carbons (Fsp3) is 0.615. The first-order chi connectivity index (χ1) is 8.61. The number of hydrogen-bond donors (Lipinski definition) is 1. The third-order valence-corrected chi connectivity index (χ3v) is 3.53. The quantitative estimate of drug-likeness (QED) is 0.859. The molecule has 5 heteroatoms. The molecule has 1 aromatic rings. The molecule has 1 N–H and O–H groups in total. The number of piperazine rings is 1. The molecule has 1 fully saturated rings. The van der Waals surface area contributed by atoms with E-state index in [4.69, 9.17) is 4.42 Å².